The summed E-state index contributed by atoms with van der Waals surface area (Å²) in [5.74, 6) is 0. The van der Waals surface area contributed by atoms with E-state index in [2.05, 4.69) is 11.4 Å². The van der Waals surface area contributed by atoms with E-state index >= 15 is 0 Å². The van der Waals surface area contributed by atoms with E-state index in [-0.39, 0.29) is 0 Å². The molecule has 1 unspecified atom stereocenters. The van der Waals surface area contributed by atoms with E-state index in [0.29, 0.717) is 0 Å². The summed E-state index contributed by atoms with van der Waals surface area (Å²) in [5, 5.41) is 0. The summed E-state index contributed by atoms with van der Waals surface area (Å²) in [6, 6.07) is 0. The van der Waals surface area contributed by atoms with Crippen molar-refractivity contribution in [1.82, 2.24) is 4.90 Å². The van der Waals surface area contributed by atoms with Gasteiger partial charge in [-0.1, -0.05) is 0 Å². The Morgan fingerprint density at radius 3 is 2.36 bits per heavy atom. The topological polar surface area (TPSA) is 21.7 Å². The quantitative estimate of drug-likeness (QED) is 0.550. The van der Waals surface area contributed by atoms with Crippen LogP contribution in [0.1, 0.15) is 6.92 Å². The summed E-state index contributed by atoms with van der Waals surface area (Å²) in [7, 11) is 2.79. The molecule has 0 aliphatic heterocycles. The van der Waals surface area contributed by atoms with Crippen LogP contribution in [0.5, 0.6) is 0 Å². The van der Waals surface area contributed by atoms with E-state index < -0.39 is 9.28 Å². The predicted molar refractivity (Wildman–Crippen MR) is 49.1 cm³/mol. The zero-order chi connectivity index (χ0) is 8.69. The maximum atomic E-state index is 5.47. The van der Waals surface area contributed by atoms with Gasteiger partial charge < -0.3 is 13.8 Å². The molecule has 0 heterocycles. The molecule has 0 saturated heterocycles. The van der Waals surface area contributed by atoms with Gasteiger partial charge in [0.2, 0.25) is 0 Å². The first-order valence-electron chi connectivity index (χ1n) is 4.04. The van der Waals surface area contributed by atoms with Crippen molar-refractivity contribution in [2.45, 2.75) is 13.5 Å². The van der Waals surface area contributed by atoms with Gasteiger partial charge in [0.1, 0.15) is 0 Å². The van der Waals surface area contributed by atoms with Crippen molar-refractivity contribution in [2.24, 2.45) is 0 Å². The smallest absolute Gasteiger partial charge is 0.318 e. The van der Waals surface area contributed by atoms with Gasteiger partial charge in [-0.25, -0.2) is 0 Å². The molecule has 0 spiro atoms. The molecule has 4 heteroatoms. The summed E-state index contributed by atoms with van der Waals surface area (Å²) in [6.07, 6.45) is 0. The van der Waals surface area contributed by atoms with E-state index in [4.69, 9.17) is 8.85 Å². The van der Waals surface area contributed by atoms with Crippen LogP contribution in [0.25, 0.3) is 0 Å². The first-order valence-corrected chi connectivity index (χ1v) is 6.14. The lowest BCUT2D eigenvalue weighted by molar-refractivity contribution is 0.191. The van der Waals surface area contributed by atoms with E-state index in [0.717, 1.165) is 19.8 Å². The third-order valence-electron chi connectivity index (χ3n) is 1.29. The van der Waals surface area contributed by atoms with Gasteiger partial charge in [-0.15, -0.1) is 0 Å². The molecule has 0 bridgehead atoms. The zero-order valence-corrected chi connectivity index (χ0v) is 9.12. The Bertz CT molecular complexity index is 90.5. The van der Waals surface area contributed by atoms with Crippen LogP contribution in [0.3, 0.4) is 0 Å². The fraction of sp³-hybridized carbons (Fsp3) is 1.00. The minimum atomic E-state index is -1.29. The van der Waals surface area contributed by atoms with Gasteiger partial charge in [0.15, 0.2) is 0 Å². The molecule has 0 aromatic carbocycles. The molecule has 11 heavy (non-hydrogen) atoms. The predicted octanol–water partition coefficient (Wildman–Crippen LogP) is 0.451. The Morgan fingerprint density at radius 1 is 1.27 bits per heavy atom. The molecule has 0 radical (unpaired) electrons. The van der Waals surface area contributed by atoms with Crippen LogP contribution in [0, 0.1) is 0 Å². The Kier molecular flexibility index (Phi) is 6.85. The van der Waals surface area contributed by atoms with Gasteiger partial charge in [0.25, 0.3) is 0 Å². The minimum absolute atomic E-state index is 0.773. The lowest BCUT2D eigenvalue weighted by Crippen LogP contribution is -2.25. The average Bonchev–Trinajstić information content (AvgIpc) is 1.87. The molecular formula is C7H19NO2Si. The molecule has 0 rings (SSSR count). The standard InChI is InChI=1S/C7H19NO2Si/c1-5-9-11(4)10-7-6-8(2)3/h11H,5-7H2,1-4H3. The van der Waals surface area contributed by atoms with Crippen LogP contribution < -0.4 is 0 Å². The molecule has 0 fully saturated rings. The molecule has 68 valence electrons. The molecule has 0 aliphatic carbocycles. The number of likely N-dealkylation sites (N-methyl/N-ethyl adjacent to an activating group) is 1. The monoisotopic (exact) mass is 177 g/mol. The minimum Gasteiger partial charge on any atom is -0.397 e. The van der Waals surface area contributed by atoms with Crippen molar-refractivity contribution in [3.8, 4) is 0 Å². The van der Waals surface area contributed by atoms with Gasteiger partial charge in [0, 0.05) is 19.8 Å². The molecule has 3 nitrogen and oxygen atoms in total. The summed E-state index contributed by atoms with van der Waals surface area (Å²) in [4.78, 5) is 2.10. The van der Waals surface area contributed by atoms with Crippen LogP contribution >= 0.6 is 0 Å². The fourth-order valence-corrected chi connectivity index (χ4v) is 1.69. The van der Waals surface area contributed by atoms with Crippen LogP contribution in [-0.4, -0.2) is 48.0 Å². The third-order valence-corrected chi connectivity index (χ3v) is 2.80. The Balaban J connectivity index is 3.10. The highest BCUT2D eigenvalue weighted by Crippen LogP contribution is 1.88. The van der Waals surface area contributed by atoms with Crippen molar-refractivity contribution in [2.75, 3.05) is 33.9 Å². The van der Waals surface area contributed by atoms with Gasteiger partial charge in [0.05, 0.1) is 0 Å². The Morgan fingerprint density at radius 2 is 1.91 bits per heavy atom. The number of hydrogen-bond acceptors (Lipinski definition) is 3. The van der Waals surface area contributed by atoms with Crippen LogP contribution in [0.4, 0.5) is 0 Å². The largest absolute Gasteiger partial charge is 0.397 e. The lowest BCUT2D eigenvalue weighted by atomic mass is 10.6. The number of rotatable bonds is 6. The van der Waals surface area contributed by atoms with Crippen molar-refractivity contribution in [3.05, 3.63) is 0 Å². The molecule has 1 atom stereocenters. The highest BCUT2D eigenvalue weighted by atomic mass is 28.3. The maximum Gasteiger partial charge on any atom is 0.318 e. The second kappa shape index (κ2) is 6.79. The van der Waals surface area contributed by atoms with Gasteiger partial charge in [-0.2, -0.15) is 0 Å². The van der Waals surface area contributed by atoms with Crippen LogP contribution in [-0.2, 0) is 8.85 Å². The molecule has 0 aromatic heterocycles. The van der Waals surface area contributed by atoms with E-state index in [1.807, 2.05) is 21.0 Å². The van der Waals surface area contributed by atoms with Gasteiger partial charge in [-0.05, 0) is 27.6 Å². The highest BCUT2D eigenvalue weighted by Gasteiger charge is 2.02. The molecule has 0 aromatic rings. The van der Waals surface area contributed by atoms with Crippen LogP contribution in [0.15, 0.2) is 0 Å². The summed E-state index contributed by atoms with van der Waals surface area (Å²) < 4.78 is 10.8. The number of hydrogen-bond donors (Lipinski definition) is 0. The average molecular weight is 177 g/mol. The molecule has 0 N–H and O–H groups in total. The second-order valence-electron chi connectivity index (χ2n) is 2.70. The first kappa shape index (κ1) is 11.1. The lowest BCUT2D eigenvalue weighted by Gasteiger charge is -2.13. The second-order valence-corrected chi connectivity index (χ2v) is 4.50. The van der Waals surface area contributed by atoms with Crippen molar-refractivity contribution < 1.29 is 8.85 Å². The van der Waals surface area contributed by atoms with Crippen molar-refractivity contribution in [1.29, 1.82) is 0 Å². The van der Waals surface area contributed by atoms with E-state index in [1.165, 1.54) is 0 Å². The van der Waals surface area contributed by atoms with Crippen molar-refractivity contribution in [3.63, 3.8) is 0 Å². The molecule has 0 saturated carbocycles. The Labute approximate surface area is 71.1 Å². The normalized spacial score (nSPS) is 13.9. The van der Waals surface area contributed by atoms with Gasteiger partial charge >= 0.3 is 9.28 Å². The summed E-state index contributed by atoms with van der Waals surface area (Å²) in [6.45, 7) is 6.60. The summed E-state index contributed by atoms with van der Waals surface area (Å²) in [5.41, 5.74) is 0. The SMILES string of the molecule is CCO[SiH](C)OCCN(C)C. The molecule has 0 aliphatic rings. The fourth-order valence-electron chi connectivity index (χ4n) is 0.684. The van der Waals surface area contributed by atoms with Crippen molar-refractivity contribution >= 4 is 9.28 Å². The number of nitrogens with zero attached hydrogens (tertiary/aromatic N) is 1. The van der Waals surface area contributed by atoms with E-state index in [9.17, 15) is 0 Å². The summed E-state index contributed by atoms with van der Waals surface area (Å²) >= 11 is 0. The molecular weight excluding hydrogens is 158 g/mol. The first-order chi connectivity index (χ1) is 5.16. The van der Waals surface area contributed by atoms with Gasteiger partial charge in [-0.3, -0.25) is 0 Å². The van der Waals surface area contributed by atoms with Crippen LogP contribution in [0.2, 0.25) is 6.55 Å². The molecule has 0 amide bonds. The highest BCUT2D eigenvalue weighted by molar-refractivity contribution is 6.42. The maximum absolute atomic E-state index is 5.47. The Hall–Kier alpha value is 0.0969. The van der Waals surface area contributed by atoms with E-state index in [1.54, 1.807) is 0 Å². The third kappa shape index (κ3) is 8.00. The zero-order valence-electron chi connectivity index (χ0n) is 7.96.